The quantitative estimate of drug-likeness (QED) is 0.906. The van der Waals surface area contributed by atoms with E-state index < -0.39 is 0 Å². The first-order valence-electron chi connectivity index (χ1n) is 5.98. The molecule has 1 atom stereocenters. The monoisotopic (exact) mass is 297 g/mol. The molecule has 0 radical (unpaired) electrons. The molecule has 2 rings (SSSR count). The molecular weight excluding hydrogens is 282 g/mol. The minimum Gasteiger partial charge on any atom is -0.467 e. The van der Waals surface area contributed by atoms with Gasteiger partial charge < -0.3 is 10.1 Å². The maximum Gasteiger partial charge on any atom is 0.318 e. The Balaban J connectivity index is 2.27. The molecule has 1 N–H and O–H groups in total. The minimum atomic E-state index is 0.164. The van der Waals surface area contributed by atoms with Crippen molar-refractivity contribution >= 4 is 28.8 Å². The molecule has 2 aromatic rings. The molecule has 4 nitrogen and oxygen atoms in total. The second-order valence-electron chi connectivity index (χ2n) is 4.43. The van der Waals surface area contributed by atoms with Crippen molar-refractivity contribution in [2.24, 2.45) is 5.92 Å². The Morgan fingerprint density at radius 1 is 1.42 bits per heavy atom. The van der Waals surface area contributed by atoms with Gasteiger partial charge in [-0.1, -0.05) is 31.5 Å². The van der Waals surface area contributed by atoms with Crippen LogP contribution in [0.25, 0.3) is 0 Å². The van der Waals surface area contributed by atoms with Crippen LogP contribution in [-0.4, -0.2) is 17.1 Å². The maximum atomic E-state index is 6.12. The van der Waals surface area contributed by atoms with E-state index in [4.69, 9.17) is 16.3 Å². The largest absolute Gasteiger partial charge is 0.467 e. The molecule has 0 aliphatic heterocycles. The van der Waals surface area contributed by atoms with Crippen LogP contribution in [0.5, 0.6) is 6.01 Å². The van der Waals surface area contributed by atoms with Crippen LogP contribution in [0, 0.1) is 5.92 Å². The lowest BCUT2D eigenvalue weighted by molar-refractivity contribution is 0.380. The predicted molar refractivity (Wildman–Crippen MR) is 79.1 cm³/mol. The highest BCUT2D eigenvalue weighted by Crippen LogP contribution is 2.31. The number of rotatable bonds is 5. The third-order valence-corrected chi connectivity index (χ3v) is 3.95. The molecule has 0 saturated heterocycles. The van der Waals surface area contributed by atoms with Gasteiger partial charge in [0, 0.05) is 4.88 Å². The third-order valence-electron chi connectivity index (χ3n) is 2.71. The van der Waals surface area contributed by atoms with Crippen LogP contribution >= 0.6 is 22.9 Å². The molecule has 0 bridgehead atoms. The fraction of sp³-hybridized carbons (Fsp3) is 0.385. The highest BCUT2D eigenvalue weighted by Gasteiger charge is 2.19. The van der Waals surface area contributed by atoms with Gasteiger partial charge in [0.1, 0.15) is 5.02 Å². The van der Waals surface area contributed by atoms with E-state index >= 15 is 0 Å². The van der Waals surface area contributed by atoms with Gasteiger partial charge in [-0.25, -0.2) is 4.98 Å². The number of ether oxygens (including phenoxy) is 1. The lowest BCUT2D eigenvalue weighted by atomic mass is 10.0. The van der Waals surface area contributed by atoms with Crippen LogP contribution in [0.3, 0.4) is 0 Å². The molecule has 102 valence electrons. The summed E-state index contributed by atoms with van der Waals surface area (Å²) in [5.74, 6) is 1.01. The number of hydrogen-bond acceptors (Lipinski definition) is 5. The number of halogens is 1. The Morgan fingerprint density at radius 2 is 2.21 bits per heavy atom. The van der Waals surface area contributed by atoms with Crippen LogP contribution in [0.15, 0.2) is 23.7 Å². The summed E-state index contributed by atoms with van der Waals surface area (Å²) in [5, 5.41) is 5.92. The summed E-state index contributed by atoms with van der Waals surface area (Å²) in [6.07, 6.45) is 1.54. The van der Waals surface area contributed by atoms with Crippen LogP contribution in [-0.2, 0) is 0 Å². The van der Waals surface area contributed by atoms with Crippen molar-refractivity contribution in [1.82, 2.24) is 9.97 Å². The molecule has 0 saturated carbocycles. The van der Waals surface area contributed by atoms with Crippen molar-refractivity contribution in [3.05, 3.63) is 33.6 Å². The average molecular weight is 298 g/mol. The molecule has 0 aliphatic rings. The molecule has 0 amide bonds. The number of anilines is 1. The van der Waals surface area contributed by atoms with Crippen molar-refractivity contribution in [3.63, 3.8) is 0 Å². The number of aromatic nitrogens is 2. The molecule has 2 aromatic heterocycles. The fourth-order valence-electron chi connectivity index (χ4n) is 1.73. The van der Waals surface area contributed by atoms with Gasteiger partial charge in [-0.3, -0.25) is 0 Å². The van der Waals surface area contributed by atoms with Gasteiger partial charge in [-0.05, 0) is 17.4 Å². The lowest BCUT2D eigenvalue weighted by Crippen LogP contribution is -2.17. The Kier molecular flexibility index (Phi) is 4.61. The van der Waals surface area contributed by atoms with Crippen molar-refractivity contribution in [2.45, 2.75) is 19.9 Å². The first-order valence-corrected chi connectivity index (χ1v) is 7.24. The summed E-state index contributed by atoms with van der Waals surface area (Å²) in [6.45, 7) is 4.31. The van der Waals surface area contributed by atoms with E-state index in [9.17, 15) is 0 Å². The van der Waals surface area contributed by atoms with Crippen LogP contribution in [0.2, 0.25) is 5.02 Å². The van der Waals surface area contributed by atoms with Gasteiger partial charge in [0.2, 0.25) is 0 Å². The summed E-state index contributed by atoms with van der Waals surface area (Å²) in [5.41, 5.74) is 0. The molecule has 0 aromatic carbocycles. The van der Waals surface area contributed by atoms with Gasteiger partial charge >= 0.3 is 6.01 Å². The lowest BCUT2D eigenvalue weighted by Gasteiger charge is -2.22. The first-order chi connectivity index (χ1) is 9.11. The maximum absolute atomic E-state index is 6.12. The first kappa shape index (κ1) is 14.1. The minimum absolute atomic E-state index is 0.164. The standard InChI is InChI=1S/C13H16ClN3OS/c1-8(2)11(10-5-4-6-19-10)16-12-9(14)7-15-13(17-12)18-3/h4-8,11H,1-3H3,(H,15,16,17). The van der Waals surface area contributed by atoms with Crippen molar-refractivity contribution < 1.29 is 4.74 Å². The van der Waals surface area contributed by atoms with Gasteiger partial charge in [-0.15, -0.1) is 11.3 Å². The summed E-state index contributed by atoms with van der Waals surface area (Å²) in [4.78, 5) is 9.47. The highest BCUT2D eigenvalue weighted by atomic mass is 35.5. The van der Waals surface area contributed by atoms with E-state index in [0.717, 1.165) is 0 Å². The van der Waals surface area contributed by atoms with E-state index in [1.54, 1.807) is 17.5 Å². The number of nitrogens with zero attached hydrogens (tertiary/aromatic N) is 2. The number of methoxy groups -OCH3 is 1. The zero-order valence-electron chi connectivity index (χ0n) is 11.1. The molecule has 6 heteroatoms. The van der Waals surface area contributed by atoms with Gasteiger partial charge in [-0.2, -0.15) is 4.98 Å². The smallest absolute Gasteiger partial charge is 0.318 e. The second kappa shape index (κ2) is 6.21. The van der Waals surface area contributed by atoms with Gasteiger partial charge in [0.25, 0.3) is 0 Å². The fourth-order valence-corrected chi connectivity index (χ4v) is 2.83. The number of nitrogens with one attached hydrogen (secondary N) is 1. The van der Waals surface area contributed by atoms with Gasteiger partial charge in [0.15, 0.2) is 5.82 Å². The molecule has 0 spiro atoms. The molecule has 19 heavy (non-hydrogen) atoms. The van der Waals surface area contributed by atoms with E-state index in [2.05, 4.69) is 40.6 Å². The molecule has 0 aliphatic carbocycles. The predicted octanol–water partition coefficient (Wildman–Crippen LogP) is 4.01. The van der Waals surface area contributed by atoms with E-state index in [0.29, 0.717) is 22.8 Å². The Labute approximate surface area is 121 Å². The average Bonchev–Trinajstić information content (AvgIpc) is 2.91. The van der Waals surface area contributed by atoms with Crippen LogP contribution < -0.4 is 10.1 Å². The molecule has 0 fully saturated rings. The topological polar surface area (TPSA) is 47.0 Å². The SMILES string of the molecule is COc1ncc(Cl)c(NC(c2cccs2)C(C)C)n1. The van der Waals surface area contributed by atoms with E-state index in [-0.39, 0.29) is 6.04 Å². The third kappa shape index (κ3) is 3.36. The Morgan fingerprint density at radius 3 is 2.79 bits per heavy atom. The second-order valence-corrected chi connectivity index (χ2v) is 5.82. The number of thiophene rings is 1. The van der Waals surface area contributed by atoms with E-state index in [1.165, 1.54) is 12.0 Å². The van der Waals surface area contributed by atoms with Crippen molar-refractivity contribution in [2.75, 3.05) is 12.4 Å². The highest BCUT2D eigenvalue weighted by molar-refractivity contribution is 7.10. The van der Waals surface area contributed by atoms with E-state index in [1.807, 2.05) is 6.07 Å². The van der Waals surface area contributed by atoms with Crippen LogP contribution in [0.4, 0.5) is 5.82 Å². The Bertz CT molecular complexity index is 531. The van der Waals surface area contributed by atoms with Crippen LogP contribution in [0.1, 0.15) is 24.8 Å². The van der Waals surface area contributed by atoms with Crippen molar-refractivity contribution in [3.8, 4) is 6.01 Å². The molecule has 1 unspecified atom stereocenters. The summed E-state index contributed by atoms with van der Waals surface area (Å²) < 4.78 is 5.02. The van der Waals surface area contributed by atoms with Gasteiger partial charge in [0.05, 0.1) is 19.3 Å². The Hall–Kier alpha value is -1.33. The number of hydrogen-bond donors (Lipinski definition) is 1. The normalized spacial score (nSPS) is 12.5. The van der Waals surface area contributed by atoms with Crippen molar-refractivity contribution in [1.29, 1.82) is 0 Å². The molecular formula is C13H16ClN3OS. The zero-order chi connectivity index (χ0) is 13.8. The zero-order valence-corrected chi connectivity index (χ0v) is 12.6. The summed E-state index contributed by atoms with van der Waals surface area (Å²) in [6, 6.07) is 4.62. The molecule has 2 heterocycles. The summed E-state index contributed by atoms with van der Waals surface area (Å²) >= 11 is 7.84. The summed E-state index contributed by atoms with van der Waals surface area (Å²) in [7, 11) is 1.53.